The van der Waals surface area contributed by atoms with Gasteiger partial charge in [0.2, 0.25) is 0 Å². The molecule has 0 saturated heterocycles. The molecule has 40 heavy (non-hydrogen) atoms. The maximum Gasteiger partial charge on any atom is 0.338 e. The van der Waals surface area contributed by atoms with Crippen molar-refractivity contribution in [1.29, 1.82) is 0 Å². The number of allylic oxidation sites excluding steroid dienone is 1. The van der Waals surface area contributed by atoms with Gasteiger partial charge in [-0.05, 0) is 94.1 Å². The summed E-state index contributed by atoms with van der Waals surface area (Å²) in [5, 5.41) is 0. The molecule has 1 aliphatic heterocycles. The zero-order valence-electron chi connectivity index (χ0n) is 22.9. The van der Waals surface area contributed by atoms with Gasteiger partial charge in [-0.25, -0.2) is 9.79 Å². The Morgan fingerprint density at radius 3 is 2.40 bits per heavy atom. The molecular weight excluding hydrogens is 664 g/mol. The van der Waals surface area contributed by atoms with E-state index >= 15 is 0 Å². The molecule has 1 aromatic heterocycles. The van der Waals surface area contributed by atoms with Gasteiger partial charge in [-0.1, -0.05) is 24.7 Å². The SMILES string of the molecule is CCCC1=C(C(=O)OCC)[C@@H](c2cc(OC)ccc2OC)n2c(s/c(=C\c3cc(Br)c(OCC)c(Br)c3)c2=O)=N1. The number of carbonyl (C=O) groups is 1. The second-order valence-corrected chi connectivity index (χ2v) is 11.5. The number of rotatable bonds is 10. The first-order chi connectivity index (χ1) is 19.3. The second-order valence-electron chi connectivity index (χ2n) is 8.77. The fourth-order valence-electron chi connectivity index (χ4n) is 4.56. The third-order valence-corrected chi connectivity index (χ3v) is 8.39. The lowest BCUT2D eigenvalue weighted by Gasteiger charge is -2.27. The van der Waals surface area contributed by atoms with E-state index in [0.717, 1.165) is 20.9 Å². The number of hydrogen-bond donors (Lipinski definition) is 0. The van der Waals surface area contributed by atoms with E-state index in [-0.39, 0.29) is 12.2 Å². The van der Waals surface area contributed by atoms with E-state index in [9.17, 15) is 9.59 Å². The minimum absolute atomic E-state index is 0.190. The predicted octanol–water partition coefficient (Wildman–Crippen LogP) is 5.52. The second kappa shape index (κ2) is 13.2. The van der Waals surface area contributed by atoms with Gasteiger partial charge in [0.05, 0.1) is 52.2 Å². The van der Waals surface area contributed by atoms with E-state index in [4.69, 9.17) is 23.9 Å². The summed E-state index contributed by atoms with van der Waals surface area (Å²) in [6.07, 6.45) is 3.11. The Kier molecular flexibility index (Phi) is 9.91. The largest absolute Gasteiger partial charge is 0.497 e. The molecule has 11 heteroatoms. The normalized spacial score (nSPS) is 15.0. The highest BCUT2D eigenvalue weighted by Crippen LogP contribution is 2.39. The number of carbonyl (C=O) groups excluding carboxylic acids is 1. The summed E-state index contributed by atoms with van der Waals surface area (Å²) in [5.74, 6) is 1.26. The number of benzene rings is 2. The summed E-state index contributed by atoms with van der Waals surface area (Å²) in [6.45, 7) is 6.39. The molecular formula is C29H30Br2N2O6S. The molecule has 0 radical (unpaired) electrons. The van der Waals surface area contributed by atoms with Crippen molar-refractivity contribution in [2.75, 3.05) is 27.4 Å². The van der Waals surface area contributed by atoms with Crippen molar-refractivity contribution < 1.29 is 23.7 Å². The number of esters is 1. The van der Waals surface area contributed by atoms with Gasteiger partial charge >= 0.3 is 5.97 Å². The average Bonchev–Trinajstić information content (AvgIpc) is 3.24. The smallest absolute Gasteiger partial charge is 0.338 e. The van der Waals surface area contributed by atoms with Gasteiger partial charge in [-0.2, -0.15) is 0 Å². The average molecular weight is 694 g/mol. The molecule has 0 amide bonds. The van der Waals surface area contributed by atoms with Crippen LogP contribution in [0.15, 0.2) is 60.3 Å². The number of methoxy groups -OCH3 is 2. The summed E-state index contributed by atoms with van der Waals surface area (Å²) in [7, 11) is 3.12. The van der Waals surface area contributed by atoms with Crippen molar-refractivity contribution in [2.45, 2.75) is 39.7 Å². The van der Waals surface area contributed by atoms with Crippen molar-refractivity contribution >= 4 is 55.2 Å². The van der Waals surface area contributed by atoms with Crippen LogP contribution in [0.25, 0.3) is 6.08 Å². The van der Waals surface area contributed by atoms with E-state index in [1.807, 2.05) is 32.1 Å². The zero-order valence-corrected chi connectivity index (χ0v) is 26.9. The molecule has 1 aliphatic rings. The lowest BCUT2D eigenvalue weighted by Crippen LogP contribution is -2.40. The van der Waals surface area contributed by atoms with Gasteiger partial charge in [0.1, 0.15) is 23.3 Å². The Hall–Kier alpha value is -2.89. The molecule has 0 fully saturated rings. The van der Waals surface area contributed by atoms with Crippen molar-refractivity contribution in [2.24, 2.45) is 4.99 Å². The summed E-state index contributed by atoms with van der Waals surface area (Å²) in [6, 6.07) is 8.29. The van der Waals surface area contributed by atoms with E-state index in [1.54, 1.807) is 43.9 Å². The predicted molar refractivity (Wildman–Crippen MR) is 162 cm³/mol. The highest BCUT2D eigenvalue weighted by atomic mass is 79.9. The van der Waals surface area contributed by atoms with E-state index in [2.05, 4.69) is 31.9 Å². The monoisotopic (exact) mass is 692 g/mol. The number of thiazole rings is 1. The molecule has 2 heterocycles. The first-order valence-electron chi connectivity index (χ1n) is 12.8. The first-order valence-corrected chi connectivity index (χ1v) is 15.2. The van der Waals surface area contributed by atoms with Gasteiger partial charge in [0.25, 0.3) is 5.56 Å². The van der Waals surface area contributed by atoms with Crippen molar-refractivity contribution in [1.82, 2.24) is 4.57 Å². The molecule has 0 N–H and O–H groups in total. The Morgan fingerprint density at radius 2 is 1.80 bits per heavy atom. The van der Waals surface area contributed by atoms with Crippen LogP contribution in [0.5, 0.6) is 17.2 Å². The molecule has 0 bridgehead atoms. The van der Waals surface area contributed by atoms with Crippen LogP contribution in [-0.4, -0.2) is 38.0 Å². The highest BCUT2D eigenvalue weighted by Gasteiger charge is 2.36. The van der Waals surface area contributed by atoms with Crippen LogP contribution in [0.2, 0.25) is 0 Å². The molecule has 0 saturated carbocycles. The standard InChI is InChI=1S/C29H30Br2N2O6S/c1-6-9-21-24(28(35)39-8-3)25(18-15-17(36-4)10-11-22(18)37-5)33-27(34)23(40-29(33)32-21)14-16-12-19(30)26(38-7-2)20(31)13-16/h10-15,25H,6-9H2,1-5H3/b23-14-/t25-/m1/s1. The Morgan fingerprint density at radius 1 is 1.07 bits per heavy atom. The number of ether oxygens (including phenoxy) is 4. The first kappa shape index (κ1) is 30.1. The molecule has 0 aliphatic carbocycles. The Bertz CT molecular complexity index is 1620. The highest BCUT2D eigenvalue weighted by molar-refractivity contribution is 9.11. The number of halogens is 2. The Labute approximate surface area is 253 Å². The molecule has 3 aromatic rings. The lowest BCUT2D eigenvalue weighted by atomic mass is 9.93. The van der Waals surface area contributed by atoms with Gasteiger partial charge in [0.15, 0.2) is 4.80 Å². The minimum Gasteiger partial charge on any atom is -0.497 e. The summed E-state index contributed by atoms with van der Waals surface area (Å²) >= 11 is 8.40. The van der Waals surface area contributed by atoms with Crippen LogP contribution < -0.4 is 29.1 Å². The zero-order chi connectivity index (χ0) is 29.0. The fourth-order valence-corrected chi connectivity index (χ4v) is 7.04. The Balaban J connectivity index is 2.02. The quantitative estimate of drug-likeness (QED) is 0.260. The number of fused-ring (bicyclic) bond motifs is 1. The fraction of sp³-hybridized carbons (Fsp3) is 0.345. The maximum atomic E-state index is 14.1. The molecule has 212 valence electrons. The number of aromatic nitrogens is 1. The van der Waals surface area contributed by atoms with Crippen LogP contribution in [-0.2, 0) is 9.53 Å². The summed E-state index contributed by atoms with van der Waals surface area (Å²) in [5.41, 5.74) is 2.03. The third-order valence-electron chi connectivity index (χ3n) is 6.23. The van der Waals surface area contributed by atoms with Gasteiger partial charge in [-0.15, -0.1) is 0 Å². The molecule has 4 rings (SSSR count). The topological polar surface area (TPSA) is 88.4 Å². The van der Waals surface area contributed by atoms with Crippen LogP contribution >= 0.6 is 43.2 Å². The van der Waals surface area contributed by atoms with E-state index < -0.39 is 12.0 Å². The minimum atomic E-state index is -0.817. The van der Waals surface area contributed by atoms with Crippen molar-refractivity contribution in [3.05, 3.63) is 81.4 Å². The van der Waals surface area contributed by atoms with Gasteiger partial charge < -0.3 is 18.9 Å². The van der Waals surface area contributed by atoms with Crippen LogP contribution in [0.1, 0.15) is 50.8 Å². The number of nitrogens with zero attached hydrogens (tertiary/aromatic N) is 2. The van der Waals surface area contributed by atoms with Crippen molar-refractivity contribution in [3.63, 3.8) is 0 Å². The third kappa shape index (κ3) is 5.91. The number of hydrogen-bond acceptors (Lipinski definition) is 8. The molecule has 2 aromatic carbocycles. The van der Waals surface area contributed by atoms with Gasteiger partial charge in [0, 0.05) is 5.56 Å². The van der Waals surface area contributed by atoms with E-state index in [0.29, 0.717) is 56.4 Å². The summed E-state index contributed by atoms with van der Waals surface area (Å²) < 4.78 is 25.9. The molecule has 0 spiro atoms. The molecule has 8 nitrogen and oxygen atoms in total. The lowest BCUT2D eigenvalue weighted by molar-refractivity contribution is -0.139. The van der Waals surface area contributed by atoms with Crippen molar-refractivity contribution in [3.8, 4) is 17.2 Å². The van der Waals surface area contributed by atoms with Crippen LogP contribution in [0, 0.1) is 0 Å². The maximum absolute atomic E-state index is 14.1. The molecule has 1 atom stereocenters. The van der Waals surface area contributed by atoms with E-state index in [1.165, 1.54) is 11.3 Å². The summed E-state index contributed by atoms with van der Waals surface area (Å²) in [4.78, 5) is 32.8. The van der Waals surface area contributed by atoms with Crippen LogP contribution in [0.4, 0.5) is 0 Å². The molecule has 0 unspecified atom stereocenters. The van der Waals surface area contributed by atoms with Crippen LogP contribution in [0.3, 0.4) is 0 Å². The van der Waals surface area contributed by atoms with Gasteiger partial charge in [-0.3, -0.25) is 9.36 Å².